The van der Waals surface area contributed by atoms with Gasteiger partial charge in [0.1, 0.15) is 6.04 Å². The van der Waals surface area contributed by atoms with Crippen LogP contribution >= 0.6 is 0 Å². The van der Waals surface area contributed by atoms with Crippen LogP contribution in [0.1, 0.15) is 12.8 Å². The third-order valence-corrected chi connectivity index (χ3v) is 2.53. The van der Waals surface area contributed by atoms with Crippen molar-refractivity contribution in [3.8, 4) is 0 Å². The van der Waals surface area contributed by atoms with Gasteiger partial charge in [-0.1, -0.05) is 0 Å². The smallest absolute Gasteiger partial charge is 0.326 e. The highest BCUT2D eigenvalue weighted by atomic mass is 16.4. The Kier molecular flexibility index (Phi) is 4.51. The normalized spacial score (nSPS) is 21.9. The number of hydrogen-bond acceptors (Lipinski definition) is 4. The molecule has 0 aromatic heterocycles. The van der Waals surface area contributed by atoms with Gasteiger partial charge < -0.3 is 26.2 Å². The number of amides is 2. The minimum atomic E-state index is -1.15. The number of likely N-dealkylation sites (tertiary alicyclic amines) is 1. The Morgan fingerprint density at radius 2 is 2.25 bits per heavy atom. The van der Waals surface area contributed by atoms with Crippen molar-refractivity contribution < 1.29 is 19.8 Å². The first-order valence-corrected chi connectivity index (χ1v) is 5.19. The molecule has 7 nitrogen and oxygen atoms in total. The number of aliphatic hydroxyl groups is 1. The van der Waals surface area contributed by atoms with Crippen LogP contribution in [-0.2, 0) is 4.79 Å². The first-order chi connectivity index (χ1) is 7.54. The number of nitrogens with two attached hydrogens (primary N) is 1. The average Bonchev–Trinajstić information content (AvgIpc) is 2.64. The number of carbonyl (C=O) groups is 2. The van der Waals surface area contributed by atoms with E-state index in [0.717, 1.165) is 6.42 Å². The van der Waals surface area contributed by atoms with Crippen LogP contribution in [-0.4, -0.2) is 58.9 Å². The molecule has 0 spiro atoms. The SMILES string of the molecule is NC1CCN(C(=O)N[C@@H](CCO)C(=O)O)C1. The Labute approximate surface area is 93.2 Å². The molecule has 5 N–H and O–H groups in total. The van der Waals surface area contributed by atoms with E-state index < -0.39 is 18.0 Å². The highest BCUT2D eigenvalue weighted by Gasteiger charge is 2.27. The van der Waals surface area contributed by atoms with Crippen LogP contribution in [0.4, 0.5) is 4.79 Å². The van der Waals surface area contributed by atoms with E-state index in [-0.39, 0.29) is 19.1 Å². The first kappa shape index (κ1) is 12.7. The van der Waals surface area contributed by atoms with Gasteiger partial charge in [0, 0.05) is 32.2 Å². The second-order valence-corrected chi connectivity index (χ2v) is 3.85. The Hall–Kier alpha value is -1.34. The molecule has 16 heavy (non-hydrogen) atoms. The molecule has 1 saturated heterocycles. The highest BCUT2D eigenvalue weighted by molar-refractivity contribution is 5.82. The number of nitrogens with zero attached hydrogens (tertiary/aromatic N) is 1. The fraction of sp³-hybridized carbons (Fsp3) is 0.778. The number of carbonyl (C=O) groups excluding carboxylic acids is 1. The fourth-order valence-corrected chi connectivity index (χ4v) is 1.60. The predicted molar refractivity (Wildman–Crippen MR) is 55.8 cm³/mol. The van der Waals surface area contributed by atoms with Gasteiger partial charge in [-0.15, -0.1) is 0 Å². The zero-order valence-corrected chi connectivity index (χ0v) is 8.93. The minimum absolute atomic E-state index is 0.000959. The predicted octanol–water partition coefficient (Wildman–Crippen LogP) is -1.44. The summed E-state index contributed by atoms with van der Waals surface area (Å²) < 4.78 is 0. The van der Waals surface area contributed by atoms with Crippen LogP contribution in [0.5, 0.6) is 0 Å². The summed E-state index contributed by atoms with van der Waals surface area (Å²) in [7, 11) is 0. The maximum atomic E-state index is 11.6. The van der Waals surface area contributed by atoms with E-state index in [2.05, 4.69) is 5.32 Å². The van der Waals surface area contributed by atoms with E-state index in [0.29, 0.717) is 13.1 Å². The molecule has 1 fully saturated rings. The summed E-state index contributed by atoms with van der Waals surface area (Å²) in [5, 5.41) is 19.8. The molecule has 1 rings (SSSR count). The van der Waals surface area contributed by atoms with E-state index in [1.165, 1.54) is 4.90 Å². The van der Waals surface area contributed by atoms with Gasteiger partial charge in [-0.25, -0.2) is 9.59 Å². The van der Waals surface area contributed by atoms with Crippen LogP contribution in [0, 0.1) is 0 Å². The molecular weight excluding hydrogens is 214 g/mol. The van der Waals surface area contributed by atoms with Crippen molar-refractivity contribution in [2.45, 2.75) is 24.9 Å². The maximum Gasteiger partial charge on any atom is 0.326 e. The second kappa shape index (κ2) is 5.66. The summed E-state index contributed by atoms with van der Waals surface area (Å²) in [6, 6.07) is -1.52. The minimum Gasteiger partial charge on any atom is -0.480 e. The van der Waals surface area contributed by atoms with Gasteiger partial charge in [0.05, 0.1) is 0 Å². The molecule has 0 aromatic rings. The number of aliphatic hydroxyl groups excluding tert-OH is 1. The van der Waals surface area contributed by atoms with Gasteiger partial charge in [-0.05, 0) is 6.42 Å². The summed E-state index contributed by atoms with van der Waals surface area (Å²) in [6.45, 7) is 0.701. The van der Waals surface area contributed by atoms with Gasteiger partial charge in [0.2, 0.25) is 0 Å². The summed E-state index contributed by atoms with van der Waals surface area (Å²) in [6.07, 6.45) is 0.728. The van der Waals surface area contributed by atoms with Crippen molar-refractivity contribution in [1.82, 2.24) is 10.2 Å². The Morgan fingerprint density at radius 1 is 1.56 bits per heavy atom. The highest BCUT2D eigenvalue weighted by Crippen LogP contribution is 2.07. The Balaban J connectivity index is 2.45. The first-order valence-electron chi connectivity index (χ1n) is 5.19. The van der Waals surface area contributed by atoms with Gasteiger partial charge in [-0.3, -0.25) is 0 Å². The van der Waals surface area contributed by atoms with Crippen LogP contribution in [0.15, 0.2) is 0 Å². The molecule has 0 saturated carbocycles. The van der Waals surface area contributed by atoms with E-state index >= 15 is 0 Å². The molecular formula is C9H17N3O4. The van der Waals surface area contributed by atoms with Crippen LogP contribution in [0.25, 0.3) is 0 Å². The summed E-state index contributed by atoms with van der Waals surface area (Å²) in [5.41, 5.74) is 5.63. The molecule has 7 heteroatoms. The molecule has 1 heterocycles. The lowest BCUT2D eigenvalue weighted by Crippen LogP contribution is -2.48. The third kappa shape index (κ3) is 3.35. The van der Waals surface area contributed by atoms with Gasteiger partial charge in [0.25, 0.3) is 0 Å². The molecule has 1 aliphatic heterocycles. The Bertz CT molecular complexity index is 271. The quantitative estimate of drug-likeness (QED) is 0.473. The summed E-state index contributed by atoms with van der Waals surface area (Å²) in [4.78, 5) is 23.8. The molecule has 0 aliphatic carbocycles. The zero-order valence-electron chi connectivity index (χ0n) is 8.93. The fourth-order valence-electron chi connectivity index (χ4n) is 1.60. The second-order valence-electron chi connectivity index (χ2n) is 3.85. The summed E-state index contributed by atoms with van der Waals surface area (Å²) >= 11 is 0. The molecule has 2 amide bonds. The number of rotatable bonds is 4. The van der Waals surface area contributed by atoms with Gasteiger partial charge >= 0.3 is 12.0 Å². The van der Waals surface area contributed by atoms with Crippen LogP contribution in [0.3, 0.4) is 0 Å². The van der Waals surface area contributed by atoms with Crippen LogP contribution in [0.2, 0.25) is 0 Å². The lowest BCUT2D eigenvalue weighted by Gasteiger charge is -2.20. The molecule has 1 unspecified atom stereocenters. The monoisotopic (exact) mass is 231 g/mol. The van der Waals surface area contributed by atoms with Crippen molar-refractivity contribution in [2.24, 2.45) is 5.73 Å². The number of carboxylic acid groups (broad SMARTS) is 1. The number of carboxylic acids is 1. The lowest BCUT2D eigenvalue weighted by molar-refractivity contribution is -0.139. The topological polar surface area (TPSA) is 116 Å². The zero-order chi connectivity index (χ0) is 12.1. The van der Waals surface area contributed by atoms with Gasteiger partial charge in [-0.2, -0.15) is 0 Å². The molecule has 0 bridgehead atoms. The van der Waals surface area contributed by atoms with E-state index in [4.69, 9.17) is 15.9 Å². The maximum absolute atomic E-state index is 11.6. The average molecular weight is 231 g/mol. The third-order valence-electron chi connectivity index (χ3n) is 2.53. The molecule has 0 aromatic carbocycles. The Morgan fingerprint density at radius 3 is 2.69 bits per heavy atom. The molecule has 1 aliphatic rings. The van der Waals surface area contributed by atoms with Crippen molar-refractivity contribution in [3.63, 3.8) is 0 Å². The standard InChI is InChI=1S/C9H17N3O4/c10-6-1-3-12(5-6)9(16)11-7(2-4-13)8(14)15/h6-7,13H,1-5,10H2,(H,11,16)(H,14,15)/t6?,7-/m0/s1. The number of urea groups is 1. The van der Waals surface area contributed by atoms with E-state index in [1.807, 2.05) is 0 Å². The van der Waals surface area contributed by atoms with E-state index in [9.17, 15) is 9.59 Å². The van der Waals surface area contributed by atoms with Crippen LogP contribution < -0.4 is 11.1 Å². The molecule has 2 atom stereocenters. The number of aliphatic carboxylic acids is 1. The van der Waals surface area contributed by atoms with Crippen molar-refractivity contribution in [2.75, 3.05) is 19.7 Å². The van der Waals surface area contributed by atoms with Gasteiger partial charge in [0.15, 0.2) is 0 Å². The summed E-state index contributed by atoms with van der Waals surface area (Å²) in [5.74, 6) is -1.15. The van der Waals surface area contributed by atoms with Crippen molar-refractivity contribution >= 4 is 12.0 Å². The molecule has 0 radical (unpaired) electrons. The van der Waals surface area contributed by atoms with Crippen molar-refractivity contribution in [1.29, 1.82) is 0 Å². The molecule has 92 valence electrons. The lowest BCUT2D eigenvalue weighted by atomic mass is 10.2. The van der Waals surface area contributed by atoms with Crippen molar-refractivity contribution in [3.05, 3.63) is 0 Å². The van der Waals surface area contributed by atoms with E-state index in [1.54, 1.807) is 0 Å². The number of hydrogen-bond donors (Lipinski definition) is 4. The number of nitrogens with one attached hydrogen (secondary N) is 1. The largest absolute Gasteiger partial charge is 0.480 e.